The molecule has 3 N–H and O–H groups in total. The van der Waals surface area contributed by atoms with Gasteiger partial charge in [0, 0.05) is 36.2 Å². The van der Waals surface area contributed by atoms with Crippen molar-refractivity contribution in [2.75, 3.05) is 23.4 Å². The van der Waals surface area contributed by atoms with Gasteiger partial charge < -0.3 is 16.0 Å². The van der Waals surface area contributed by atoms with Crippen LogP contribution >= 0.6 is 24.2 Å². The maximum absolute atomic E-state index is 12.2. The molecular formula is C16H22ClN3O2S. The minimum atomic E-state index is -0.0512. The Bertz CT molecular complexity index is 591. The number of benzene rings is 1. The molecule has 0 aromatic heterocycles. The summed E-state index contributed by atoms with van der Waals surface area (Å²) in [4.78, 5) is 23.5. The predicted octanol–water partition coefficient (Wildman–Crippen LogP) is 1.88. The molecule has 2 unspecified atom stereocenters. The van der Waals surface area contributed by atoms with E-state index in [0.717, 1.165) is 34.9 Å². The third kappa shape index (κ3) is 4.62. The van der Waals surface area contributed by atoms with Crippen molar-refractivity contribution in [1.82, 2.24) is 10.6 Å². The molecular weight excluding hydrogens is 334 g/mol. The first-order chi connectivity index (χ1) is 10.6. The lowest BCUT2D eigenvalue weighted by Crippen LogP contribution is -2.41. The molecule has 1 saturated heterocycles. The van der Waals surface area contributed by atoms with Crippen molar-refractivity contribution in [3.63, 3.8) is 0 Å². The summed E-state index contributed by atoms with van der Waals surface area (Å²) in [6, 6.07) is 6.10. The molecule has 1 aromatic rings. The van der Waals surface area contributed by atoms with E-state index in [1.54, 1.807) is 0 Å². The zero-order valence-corrected chi connectivity index (χ0v) is 14.7. The van der Waals surface area contributed by atoms with Gasteiger partial charge in [-0.05, 0) is 24.1 Å². The van der Waals surface area contributed by atoms with E-state index in [2.05, 4.69) is 16.0 Å². The fraction of sp³-hybridized carbons (Fsp3) is 0.500. The maximum atomic E-state index is 12.2. The van der Waals surface area contributed by atoms with Crippen LogP contribution in [0.4, 0.5) is 5.69 Å². The van der Waals surface area contributed by atoms with Crippen LogP contribution in [0.5, 0.6) is 0 Å². The van der Waals surface area contributed by atoms with Crippen molar-refractivity contribution in [2.24, 2.45) is 0 Å². The number of rotatable bonds is 4. The molecule has 0 spiro atoms. The summed E-state index contributed by atoms with van der Waals surface area (Å²) in [6.07, 6.45) is 0.940. The minimum Gasteiger partial charge on any atom is -0.350 e. The van der Waals surface area contributed by atoms with Crippen LogP contribution < -0.4 is 16.0 Å². The molecule has 23 heavy (non-hydrogen) atoms. The van der Waals surface area contributed by atoms with Crippen LogP contribution in [0.1, 0.15) is 30.5 Å². The molecule has 1 aromatic carbocycles. The number of carbonyl (C=O) groups is 2. The van der Waals surface area contributed by atoms with Gasteiger partial charge in [-0.3, -0.25) is 9.59 Å². The van der Waals surface area contributed by atoms with E-state index in [9.17, 15) is 9.59 Å². The summed E-state index contributed by atoms with van der Waals surface area (Å²) < 4.78 is 0. The first-order valence-corrected chi connectivity index (χ1v) is 8.80. The minimum absolute atomic E-state index is 0. The van der Waals surface area contributed by atoms with Gasteiger partial charge in [-0.2, -0.15) is 11.8 Å². The molecule has 0 aliphatic carbocycles. The van der Waals surface area contributed by atoms with Gasteiger partial charge in [0.1, 0.15) is 0 Å². The van der Waals surface area contributed by atoms with E-state index in [1.807, 2.05) is 36.9 Å². The fourth-order valence-corrected chi connectivity index (χ4v) is 3.83. The van der Waals surface area contributed by atoms with Crippen LogP contribution in [-0.4, -0.2) is 35.9 Å². The van der Waals surface area contributed by atoms with Gasteiger partial charge in [-0.1, -0.05) is 12.1 Å². The predicted molar refractivity (Wildman–Crippen MR) is 96.3 cm³/mol. The van der Waals surface area contributed by atoms with Crippen molar-refractivity contribution in [3.05, 3.63) is 29.3 Å². The maximum Gasteiger partial charge on any atom is 0.228 e. The van der Waals surface area contributed by atoms with Crippen molar-refractivity contribution in [2.45, 2.75) is 31.8 Å². The molecule has 126 valence electrons. The number of halogens is 1. The summed E-state index contributed by atoms with van der Waals surface area (Å²) in [5, 5.41) is 9.25. The lowest BCUT2D eigenvalue weighted by Gasteiger charge is -2.23. The van der Waals surface area contributed by atoms with Crippen LogP contribution in [0.25, 0.3) is 0 Å². The van der Waals surface area contributed by atoms with Gasteiger partial charge in [0.15, 0.2) is 0 Å². The number of hydrogen-bond donors (Lipinski definition) is 3. The Labute approximate surface area is 146 Å². The molecule has 2 aliphatic rings. The number of carbonyl (C=O) groups excluding carboxylic acids is 2. The molecule has 0 radical (unpaired) electrons. The Morgan fingerprint density at radius 1 is 1.48 bits per heavy atom. The number of thioether (sulfide) groups is 1. The monoisotopic (exact) mass is 355 g/mol. The second-order valence-electron chi connectivity index (χ2n) is 5.86. The molecule has 2 aliphatic heterocycles. The van der Waals surface area contributed by atoms with Crippen LogP contribution in [-0.2, 0) is 16.0 Å². The summed E-state index contributed by atoms with van der Waals surface area (Å²) in [7, 11) is 0. The summed E-state index contributed by atoms with van der Waals surface area (Å²) >= 11 is 1.89. The molecule has 2 heterocycles. The SMILES string of the molecule is CC(NC(=O)CC1CSCCN1)c1ccc2c(c1)CC(=O)N2.Cl. The Kier molecular flexibility index (Phi) is 6.33. The number of fused-ring (bicyclic) bond motifs is 1. The highest BCUT2D eigenvalue weighted by Crippen LogP contribution is 2.26. The van der Waals surface area contributed by atoms with Gasteiger partial charge in [0.05, 0.1) is 12.5 Å². The molecule has 5 nitrogen and oxygen atoms in total. The topological polar surface area (TPSA) is 70.2 Å². The van der Waals surface area contributed by atoms with Crippen molar-refractivity contribution < 1.29 is 9.59 Å². The first-order valence-electron chi connectivity index (χ1n) is 7.65. The van der Waals surface area contributed by atoms with Crippen LogP contribution in [0, 0.1) is 0 Å². The van der Waals surface area contributed by atoms with E-state index >= 15 is 0 Å². The van der Waals surface area contributed by atoms with Crippen molar-refractivity contribution in [1.29, 1.82) is 0 Å². The Morgan fingerprint density at radius 2 is 2.30 bits per heavy atom. The van der Waals surface area contributed by atoms with Crippen LogP contribution in [0.3, 0.4) is 0 Å². The number of hydrogen-bond acceptors (Lipinski definition) is 4. The second-order valence-corrected chi connectivity index (χ2v) is 7.01. The van der Waals surface area contributed by atoms with Gasteiger partial charge in [-0.25, -0.2) is 0 Å². The van der Waals surface area contributed by atoms with Gasteiger partial charge in [0.2, 0.25) is 11.8 Å². The van der Waals surface area contributed by atoms with Gasteiger partial charge in [-0.15, -0.1) is 12.4 Å². The summed E-state index contributed by atoms with van der Waals surface area (Å²) in [6.45, 7) is 2.96. The highest BCUT2D eigenvalue weighted by Gasteiger charge is 2.21. The zero-order chi connectivity index (χ0) is 15.5. The van der Waals surface area contributed by atoms with Gasteiger partial charge >= 0.3 is 0 Å². The fourth-order valence-electron chi connectivity index (χ4n) is 2.88. The quantitative estimate of drug-likeness (QED) is 0.771. The molecule has 2 atom stereocenters. The van der Waals surface area contributed by atoms with E-state index in [0.29, 0.717) is 12.8 Å². The van der Waals surface area contributed by atoms with Crippen LogP contribution in [0.15, 0.2) is 18.2 Å². The average molecular weight is 356 g/mol. The smallest absolute Gasteiger partial charge is 0.228 e. The van der Waals surface area contributed by atoms with E-state index < -0.39 is 0 Å². The standard InChI is InChI=1S/C16H21N3O2S.ClH/c1-10(18-16(21)8-13-9-22-5-4-17-13)11-2-3-14-12(6-11)7-15(20)19-14;/h2-3,6,10,13,17H,4-5,7-9H2,1H3,(H,18,21)(H,19,20);1H. The second kappa shape index (κ2) is 8.04. The highest BCUT2D eigenvalue weighted by molar-refractivity contribution is 7.99. The normalized spacial score (nSPS) is 20.9. The highest BCUT2D eigenvalue weighted by atomic mass is 35.5. The zero-order valence-electron chi connectivity index (χ0n) is 13.1. The number of anilines is 1. The lowest BCUT2D eigenvalue weighted by atomic mass is 10.0. The number of amides is 2. The molecule has 0 saturated carbocycles. The molecule has 0 bridgehead atoms. The number of nitrogens with one attached hydrogen (secondary N) is 3. The summed E-state index contributed by atoms with van der Waals surface area (Å²) in [5.74, 6) is 2.22. The molecule has 1 fully saturated rings. The molecule has 7 heteroatoms. The third-order valence-corrected chi connectivity index (χ3v) is 5.19. The van der Waals surface area contributed by atoms with E-state index in [-0.39, 0.29) is 36.3 Å². The van der Waals surface area contributed by atoms with E-state index in [4.69, 9.17) is 0 Å². The van der Waals surface area contributed by atoms with Crippen molar-refractivity contribution in [3.8, 4) is 0 Å². The molecule has 2 amide bonds. The van der Waals surface area contributed by atoms with Crippen LogP contribution in [0.2, 0.25) is 0 Å². The van der Waals surface area contributed by atoms with E-state index in [1.165, 1.54) is 0 Å². The Balaban J connectivity index is 0.00000192. The van der Waals surface area contributed by atoms with Gasteiger partial charge in [0.25, 0.3) is 0 Å². The summed E-state index contributed by atoms with van der Waals surface area (Å²) in [5.41, 5.74) is 2.93. The Hall–Kier alpha value is -1.24. The molecule has 3 rings (SSSR count). The Morgan fingerprint density at radius 3 is 3.04 bits per heavy atom. The first kappa shape index (κ1) is 18.1. The van der Waals surface area contributed by atoms with Crippen molar-refractivity contribution >= 4 is 41.7 Å². The largest absolute Gasteiger partial charge is 0.350 e. The third-order valence-electron chi connectivity index (χ3n) is 4.06. The lowest BCUT2D eigenvalue weighted by molar-refractivity contribution is -0.122. The average Bonchev–Trinajstić information content (AvgIpc) is 2.87.